The van der Waals surface area contributed by atoms with Gasteiger partial charge in [0, 0.05) is 24.7 Å². The first-order valence-corrected chi connectivity index (χ1v) is 7.94. The number of fused-ring (bicyclic) bond motifs is 1. The number of hydrogen-bond acceptors (Lipinski definition) is 4. The van der Waals surface area contributed by atoms with Crippen LogP contribution in [0.4, 0.5) is 5.69 Å². The molecule has 1 aliphatic heterocycles. The average molecular weight is 318 g/mol. The first-order valence-electron chi connectivity index (χ1n) is 7.94. The fourth-order valence-corrected chi connectivity index (χ4v) is 2.22. The summed E-state index contributed by atoms with van der Waals surface area (Å²) >= 11 is 0. The van der Waals surface area contributed by atoms with E-state index in [0.717, 1.165) is 24.4 Å². The van der Waals surface area contributed by atoms with Crippen LogP contribution in [0, 0.1) is 5.92 Å². The molecular formula is C16H22N4O3. The summed E-state index contributed by atoms with van der Waals surface area (Å²) in [6, 6.07) is 5.48. The van der Waals surface area contributed by atoms with Crippen molar-refractivity contribution < 1.29 is 14.3 Å². The Morgan fingerprint density at radius 1 is 1.26 bits per heavy atom. The van der Waals surface area contributed by atoms with Gasteiger partial charge < -0.3 is 25.8 Å². The molecule has 0 aromatic heterocycles. The lowest BCUT2D eigenvalue weighted by Gasteiger charge is -2.10. The minimum absolute atomic E-state index is 0.0239. The van der Waals surface area contributed by atoms with E-state index in [0.29, 0.717) is 24.9 Å². The first-order chi connectivity index (χ1) is 11.2. The number of guanidine groups is 1. The number of ether oxygens (including phenoxy) is 2. The zero-order valence-electron chi connectivity index (χ0n) is 13.0. The molecule has 1 amide bonds. The maximum absolute atomic E-state index is 11.6. The molecule has 0 saturated heterocycles. The van der Waals surface area contributed by atoms with Crippen LogP contribution in [-0.4, -0.2) is 38.2 Å². The number of aliphatic imine (C=N–C) groups is 1. The van der Waals surface area contributed by atoms with Gasteiger partial charge in [-0.05, 0) is 30.9 Å². The van der Waals surface area contributed by atoms with E-state index in [2.05, 4.69) is 15.6 Å². The second-order valence-electron chi connectivity index (χ2n) is 5.79. The predicted molar refractivity (Wildman–Crippen MR) is 87.9 cm³/mol. The smallest absolute Gasteiger partial charge is 0.241 e. The molecule has 1 fully saturated rings. The molecule has 1 aromatic rings. The molecule has 1 heterocycles. The zero-order chi connectivity index (χ0) is 16.1. The van der Waals surface area contributed by atoms with Gasteiger partial charge in [-0.1, -0.05) is 0 Å². The second-order valence-corrected chi connectivity index (χ2v) is 5.79. The van der Waals surface area contributed by atoms with Gasteiger partial charge in [0.2, 0.25) is 5.91 Å². The van der Waals surface area contributed by atoms with Crippen molar-refractivity contribution in [3.63, 3.8) is 0 Å². The first kappa shape index (κ1) is 15.5. The fourth-order valence-electron chi connectivity index (χ4n) is 2.22. The highest BCUT2D eigenvalue weighted by Gasteiger charge is 2.21. The summed E-state index contributed by atoms with van der Waals surface area (Å²) in [5, 5.41) is 5.80. The molecular weight excluding hydrogens is 296 g/mol. The third-order valence-electron chi connectivity index (χ3n) is 3.70. The molecule has 3 rings (SSSR count). The molecule has 1 aliphatic carbocycles. The monoisotopic (exact) mass is 318 g/mol. The third-order valence-corrected chi connectivity index (χ3v) is 3.70. The molecule has 1 saturated carbocycles. The Morgan fingerprint density at radius 2 is 2.04 bits per heavy atom. The van der Waals surface area contributed by atoms with Crippen molar-refractivity contribution in [2.75, 3.05) is 31.6 Å². The molecule has 23 heavy (non-hydrogen) atoms. The lowest BCUT2D eigenvalue weighted by molar-refractivity contribution is -0.119. The Hall–Kier alpha value is -2.44. The maximum atomic E-state index is 11.6. The van der Waals surface area contributed by atoms with E-state index in [1.165, 1.54) is 12.8 Å². The van der Waals surface area contributed by atoms with Gasteiger partial charge in [-0.25, -0.2) is 4.99 Å². The average Bonchev–Trinajstić information content (AvgIpc) is 3.37. The van der Waals surface area contributed by atoms with Crippen LogP contribution >= 0.6 is 0 Å². The van der Waals surface area contributed by atoms with E-state index in [-0.39, 0.29) is 18.4 Å². The Kier molecular flexibility index (Phi) is 4.85. The number of carbonyl (C=O) groups is 1. The minimum Gasteiger partial charge on any atom is -0.490 e. The third kappa shape index (κ3) is 4.77. The van der Waals surface area contributed by atoms with Gasteiger partial charge in [-0.3, -0.25) is 4.79 Å². The summed E-state index contributed by atoms with van der Waals surface area (Å²) in [6.45, 7) is 2.04. The van der Waals surface area contributed by atoms with E-state index in [4.69, 9.17) is 15.2 Å². The molecule has 0 radical (unpaired) electrons. The number of nitrogens with one attached hydrogen (secondary N) is 2. The summed E-state index contributed by atoms with van der Waals surface area (Å²) in [7, 11) is 0. The van der Waals surface area contributed by atoms with Gasteiger partial charge in [-0.2, -0.15) is 0 Å². The van der Waals surface area contributed by atoms with Crippen molar-refractivity contribution in [1.29, 1.82) is 0 Å². The highest BCUT2D eigenvalue weighted by molar-refractivity contribution is 5.94. The number of anilines is 1. The van der Waals surface area contributed by atoms with Gasteiger partial charge in [0.1, 0.15) is 6.54 Å². The highest BCUT2D eigenvalue weighted by atomic mass is 16.5. The number of hydrogen-bond donors (Lipinski definition) is 3. The topological polar surface area (TPSA) is 98.0 Å². The number of carbonyl (C=O) groups excluding carboxylic acids is 1. The largest absolute Gasteiger partial charge is 0.490 e. The van der Waals surface area contributed by atoms with Gasteiger partial charge in [-0.15, -0.1) is 0 Å². The molecule has 0 spiro atoms. The van der Waals surface area contributed by atoms with Crippen molar-refractivity contribution in [2.24, 2.45) is 16.6 Å². The Morgan fingerprint density at radius 3 is 2.83 bits per heavy atom. The van der Waals surface area contributed by atoms with E-state index in [1.807, 2.05) is 18.2 Å². The standard InChI is InChI=1S/C16H22N4O3/c17-16(19-10-15(21)18-9-11-2-3-11)20-12-4-5-13-14(8-12)23-7-1-6-22-13/h4-5,8,11H,1-3,6-7,9-10H2,(H,18,21)(H3,17,19,20). The van der Waals surface area contributed by atoms with Gasteiger partial charge in [0.25, 0.3) is 0 Å². The highest BCUT2D eigenvalue weighted by Crippen LogP contribution is 2.32. The van der Waals surface area contributed by atoms with Crippen LogP contribution in [0.3, 0.4) is 0 Å². The van der Waals surface area contributed by atoms with E-state index in [9.17, 15) is 4.79 Å². The quantitative estimate of drug-likeness (QED) is 0.558. The number of rotatable bonds is 5. The summed E-state index contributed by atoms with van der Waals surface area (Å²) in [5.74, 6) is 2.15. The van der Waals surface area contributed by atoms with Crippen molar-refractivity contribution in [2.45, 2.75) is 19.3 Å². The zero-order valence-corrected chi connectivity index (χ0v) is 13.0. The van der Waals surface area contributed by atoms with Crippen molar-refractivity contribution in [3.8, 4) is 11.5 Å². The van der Waals surface area contributed by atoms with Crippen LogP contribution in [0.5, 0.6) is 11.5 Å². The van der Waals surface area contributed by atoms with Crippen molar-refractivity contribution in [3.05, 3.63) is 18.2 Å². The molecule has 0 unspecified atom stereocenters. The molecule has 2 aliphatic rings. The summed E-state index contributed by atoms with van der Waals surface area (Å²) in [4.78, 5) is 15.7. The van der Waals surface area contributed by atoms with Crippen molar-refractivity contribution >= 4 is 17.6 Å². The molecule has 124 valence electrons. The maximum Gasteiger partial charge on any atom is 0.241 e. The minimum atomic E-state index is -0.111. The number of nitrogens with two attached hydrogens (primary N) is 1. The van der Waals surface area contributed by atoms with Crippen LogP contribution < -0.4 is 25.8 Å². The predicted octanol–water partition coefficient (Wildman–Crippen LogP) is 1.10. The number of amides is 1. The van der Waals surface area contributed by atoms with E-state index >= 15 is 0 Å². The SMILES string of the molecule is NC(=NCC(=O)NCC1CC1)Nc1ccc2c(c1)OCCCO2. The Bertz CT molecular complexity index is 599. The second kappa shape index (κ2) is 7.21. The molecule has 7 heteroatoms. The lowest BCUT2D eigenvalue weighted by atomic mass is 10.3. The van der Waals surface area contributed by atoms with E-state index < -0.39 is 0 Å². The number of benzene rings is 1. The van der Waals surface area contributed by atoms with E-state index in [1.54, 1.807) is 0 Å². The molecule has 0 atom stereocenters. The van der Waals surface area contributed by atoms with Crippen LogP contribution in [0.15, 0.2) is 23.2 Å². The van der Waals surface area contributed by atoms with Crippen LogP contribution in [0.2, 0.25) is 0 Å². The summed E-state index contributed by atoms with van der Waals surface area (Å²) in [5.41, 5.74) is 6.56. The summed E-state index contributed by atoms with van der Waals surface area (Å²) in [6.07, 6.45) is 3.27. The van der Waals surface area contributed by atoms with Gasteiger partial charge in [0.15, 0.2) is 17.5 Å². The molecule has 0 bridgehead atoms. The van der Waals surface area contributed by atoms with Crippen molar-refractivity contribution in [1.82, 2.24) is 5.32 Å². The summed E-state index contributed by atoms with van der Waals surface area (Å²) < 4.78 is 11.2. The van der Waals surface area contributed by atoms with Crippen LogP contribution in [0.1, 0.15) is 19.3 Å². The Labute approximate surface area is 135 Å². The normalized spacial score (nSPS) is 17.3. The van der Waals surface area contributed by atoms with Crippen LogP contribution in [-0.2, 0) is 4.79 Å². The Balaban J connectivity index is 1.52. The molecule has 1 aromatic carbocycles. The number of nitrogens with zero attached hydrogens (tertiary/aromatic N) is 1. The van der Waals surface area contributed by atoms with Crippen LogP contribution in [0.25, 0.3) is 0 Å². The van der Waals surface area contributed by atoms with Gasteiger partial charge >= 0.3 is 0 Å². The van der Waals surface area contributed by atoms with Gasteiger partial charge in [0.05, 0.1) is 13.2 Å². The fraction of sp³-hybridized carbons (Fsp3) is 0.500. The molecule has 4 N–H and O–H groups in total. The molecule has 7 nitrogen and oxygen atoms in total. The lowest BCUT2D eigenvalue weighted by Crippen LogP contribution is -2.30.